The minimum absolute atomic E-state index is 0.0479. The highest BCUT2D eigenvalue weighted by Gasteiger charge is 2.51. The zero-order valence-corrected chi connectivity index (χ0v) is 11.1. The molecule has 1 heterocycles. The minimum Gasteiger partial charge on any atom is -0.318 e. The maximum absolute atomic E-state index is 12.4. The second kappa shape index (κ2) is 5.40. The molecule has 1 aliphatic rings. The molecule has 5 heteroatoms. The number of nitrogens with two attached hydrogens (primary N) is 1. The average molecular weight is 262 g/mol. The molecule has 3 N–H and O–H groups in total. The molecule has 0 radical (unpaired) electrons. The first-order valence-corrected chi connectivity index (χ1v) is 6.57. The van der Waals surface area contributed by atoms with Crippen molar-refractivity contribution in [3.8, 4) is 0 Å². The van der Waals surface area contributed by atoms with Crippen LogP contribution in [-0.4, -0.2) is 29.1 Å². The van der Waals surface area contributed by atoms with Crippen molar-refractivity contribution in [2.45, 2.75) is 32.4 Å². The van der Waals surface area contributed by atoms with Crippen molar-refractivity contribution in [2.24, 2.45) is 5.73 Å². The Hall–Kier alpha value is -1.88. The molecule has 1 saturated heterocycles. The highest BCUT2D eigenvalue weighted by molar-refractivity contribution is 5.82. The molecule has 0 saturated carbocycles. The zero-order valence-electron chi connectivity index (χ0n) is 11.1. The van der Waals surface area contributed by atoms with Gasteiger partial charge >= 0.3 is 12.1 Å². The van der Waals surface area contributed by atoms with Gasteiger partial charge in [-0.05, 0) is 12.5 Å². The zero-order chi connectivity index (χ0) is 13.9. The van der Waals surface area contributed by atoms with E-state index < -0.39 is 6.03 Å². The third kappa shape index (κ3) is 2.46. The summed E-state index contributed by atoms with van der Waals surface area (Å²) in [5.41, 5.74) is 6.47. The number of imide groups is 1. The summed E-state index contributed by atoms with van der Waals surface area (Å²) in [5, 5.41) is 2.83. The predicted molar refractivity (Wildman–Crippen MR) is 72.1 cm³/mol. The Balaban J connectivity index is 2.07. The van der Waals surface area contributed by atoms with E-state index >= 15 is 0 Å². The normalized spacial score (nSPS) is 26.1. The molecular formula is C14H20N3O2+. The van der Waals surface area contributed by atoms with Gasteiger partial charge in [0.15, 0.2) is 0 Å². The van der Waals surface area contributed by atoms with Gasteiger partial charge in [0, 0.05) is 19.4 Å². The van der Waals surface area contributed by atoms with E-state index in [9.17, 15) is 9.59 Å². The molecule has 0 bridgehead atoms. The summed E-state index contributed by atoms with van der Waals surface area (Å²) >= 11 is 0. The van der Waals surface area contributed by atoms with Crippen LogP contribution in [0.15, 0.2) is 30.3 Å². The smallest absolute Gasteiger partial charge is 0.318 e. The summed E-state index contributed by atoms with van der Waals surface area (Å²) < 4.78 is -0.271. The van der Waals surface area contributed by atoms with E-state index in [4.69, 9.17) is 5.73 Å². The SMILES string of the molecule is C[C@@H]1CCC[N+]1(C(N)=O)C(=O)NCc1ccccc1. The van der Waals surface area contributed by atoms with Gasteiger partial charge in [0.2, 0.25) is 0 Å². The van der Waals surface area contributed by atoms with Crippen LogP contribution in [0.3, 0.4) is 0 Å². The van der Waals surface area contributed by atoms with E-state index in [1.165, 1.54) is 0 Å². The highest BCUT2D eigenvalue weighted by Crippen LogP contribution is 2.27. The number of benzene rings is 1. The van der Waals surface area contributed by atoms with E-state index in [1.807, 2.05) is 37.3 Å². The lowest BCUT2D eigenvalue weighted by Crippen LogP contribution is -2.64. The Kier molecular flexibility index (Phi) is 3.85. The van der Waals surface area contributed by atoms with E-state index in [0.29, 0.717) is 13.1 Å². The molecule has 0 spiro atoms. The number of hydrogen-bond donors (Lipinski definition) is 2. The van der Waals surface area contributed by atoms with E-state index in [1.54, 1.807) is 0 Å². The molecule has 2 rings (SSSR count). The largest absolute Gasteiger partial charge is 0.426 e. The number of amides is 4. The number of quaternary nitrogens is 1. The van der Waals surface area contributed by atoms with E-state index in [2.05, 4.69) is 5.32 Å². The van der Waals surface area contributed by atoms with Crippen molar-refractivity contribution in [1.29, 1.82) is 0 Å². The number of nitrogens with zero attached hydrogens (tertiary/aromatic N) is 1. The first-order chi connectivity index (χ1) is 9.07. The second-order valence-corrected chi connectivity index (χ2v) is 5.07. The van der Waals surface area contributed by atoms with Crippen LogP contribution in [0.2, 0.25) is 0 Å². The van der Waals surface area contributed by atoms with Gasteiger partial charge in [-0.3, -0.25) is 0 Å². The fraction of sp³-hybridized carbons (Fsp3) is 0.429. The Morgan fingerprint density at radius 1 is 1.37 bits per heavy atom. The Labute approximate surface area is 113 Å². The van der Waals surface area contributed by atoms with E-state index in [0.717, 1.165) is 18.4 Å². The van der Waals surface area contributed by atoms with Crippen LogP contribution in [0.1, 0.15) is 25.3 Å². The van der Waals surface area contributed by atoms with Gasteiger partial charge in [0.05, 0.1) is 6.54 Å². The van der Waals surface area contributed by atoms with Crippen molar-refractivity contribution >= 4 is 12.1 Å². The van der Waals surface area contributed by atoms with Gasteiger partial charge in [-0.15, -0.1) is 0 Å². The van der Waals surface area contributed by atoms with Gasteiger partial charge in [-0.1, -0.05) is 30.3 Å². The number of carbonyl (C=O) groups excluding carboxylic acids is 2. The van der Waals surface area contributed by atoms with Crippen LogP contribution >= 0.6 is 0 Å². The Bertz CT molecular complexity index is 475. The second-order valence-electron chi connectivity index (χ2n) is 5.07. The first kappa shape index (κ1) is 13.5. The van der Waals surface area contributed by atoms with Crippen LogP contribution in [0.4, 0.5) is 9.59 Å². The molecule has 5 nitrogen and oxygen atoms in total. The molecule has 102 valence electrons. The Morgan fingerprint density at radius 3 is 2.58 bits per heavy atom. The van der Waals surface area contributed by atoms with Gasteiger partial charge in [-0.2, -0.15) is 4.48 Å². The van der Waals surface area contributed by atoms with Crippen molar-refractivity contribution in [2.75, 3.05) is 6.54 Å². The highest BCUT2D eigenvalue weighted by atomic mass is 16.2. The third-order valence-electron chi connectivity index (χ3n) is 3.93. The summed E-state index contributed by atoms with van der Waals surface area (Å²) in [6.45, 7) is 2.82. The molecule has 0 aliphatic carbocycles. The quantitative estimate of drug-likeness (QED) is 0.800. The van der Waals surface area contributed by atoms with Crippen LogP contribution < -0.4 is 11.1 Å². The van der Waals surface area contributed by atoms with E-state index in [-0.39, 0.29) is 16.6 Å². The first-order valence-electron chi connectivity index (χ1n) is 6.57. The molecule has 1 fully saturated rings. The average Bonchev–Trinajstić information content (AvgIpc) is 2.80. The number of primary amides is 1. The molecular weight excluding hydrogens is 242 g/mol. The number of nitrogens with one attached hydrogen (secondary N) is 1. The van der Waals surface area contributed by atoms with Gasteiger partial charge in [0.25, 0.3) is 0 Å². The Morgan fingerprint density at radius 2 is 2.05 bits per heavy atom. The summed E-state index contributed by atoms with van der Waals surface area (Å²) in [6.07, 6.45) is 1.70. The van der Waals surface area contributed by atoms with Crippen LogP contribution in [0, 0.1) is 0 Å². The number of urea groups is 2. The number of rotatable bonds is 2. The van der Waals surface area contributed by atoms with Crippen LogP contribution in [-0.2, 0) is 6.54 Å². The summed E-state index contributed by atoms with van der Waals surface area (Å²) in [6, 6.07) is 8.72. The van der Waals surface area contributed by atoms with Crippen LogP contribution in [0.5, 0.6) is 0 Å². The van der Waals surface area contributed by atoms with Crippen molar-refractivity contribution < 1.29 is 14.1 Å². The minimum atomic E-state index is -0.560. The van der Waals surface area contributed by atoms with Gasteiger partial charge in [0.1, 0.15) is 6.04 Å². The molecule has 2 atom stereocenters. The molecule has 0 aromatic heterocycles. The summed E-state index contributed by atoms with van der Waals surface area (Å²) in [7, 11) is 0. The monoisotopic (exact) mass is 262 g/mol. The van der Waals surface area contributed by atoms with Gasteiger partial charge in [-0.25, -0.2) is 9.59 Å². The van der Waals surface area contributed by atoms with Crippen molar-refractivity contribution in [3.05, 3.63) is 35.9 Å². The molecule has 4 amide bonds. The molecule has 19 heavy (non-hydrogen) atoms. The lowest BCUT2D eigenvalue weighted by Gasteiger charge is -2.30. The predicted octanol–water partition coefficient (Wildman–Crippen LogP) is 1.97. The summed E-state index contributed by atoms with van der Waals surface area (Å²) in [4.78, 5) is 24.1. The van der Waals surface area contributed by atoms with Crippen LogP contribution in [0.25, 0.3) is 0 Å². The lowest BCUT2D eigenvalue weighted by atomic mass is 10.2. The third-order valence-corrected chi connectivity index (χ3v) is 3.93. The number of hydrogen-bond acceptors (Lipinski definition) is 2. The molecule has 1 aliphatic heterocycles. The topological polar surface area (TPSA) is 72.2 Å². The van der Waals surface area contributed by atoms with Gasteiger partial charge < -0.3 is 11.1 Å². The number of carbonyl (C=O) groups is 2. The van der Waals surface area contributed by atoms with Crippen molar-refractivity contribution in [1.82, 2.24) is 5.32 Å². The molecule has 1 unspecified atom stereocenters. The number of likely N-dealkylation sites (tertiary alicyclic amines) is 1. The lowest BCUT2D eigenvalue weighted by molar-refractivity contribution is -0.778. The standard InChI is InChI=1S/C14H19N3O2/c1-11-6-5-9-17(11,13(15)18)14(19)16-10-12-7-3-2-4-8-12/h2-4,7-8,11H,5-6,9-10H2,1H3,(H2-,15,16,18,19)/p+1/t11-,17?/m1/s1. The maximum Gasteiger partial charge on any atom is 0.426 e. The van der Waals surface area contributed by atoms with Crippen molar-refractivity contribution in [3.63, 3.8) is 0 Å². The molecule has 1 aromatic rings. The summed E-state index contributed by atoms with van der Waals surface area (Å²) in [5.74, 6) is 0. The molecule has 1 aromatic carbocycles. The fourth-order valence-corrected chi connectivity index (χ4v) is 2.72. The maximum atomic E-state index is 12.4. The fourth-order valence-electron chi connectivity index (χ4n) is 2.72.